The Morgan fingerprint density at radius 2 is 2.17 bits per heavy atom. The number of nitrogen functional groups attached to an aromatic ring is 1. The highest BCUT2D eigenvalue weighted by Crippen LogP contribution is 2.30. The molecular formula is C11H10ClFN4O. The van der Waals surface area contributed by atoms with Crippen molar-refractivity contribution in [2.45, 2.75) is 0 Å². The highest BCUT2D eigenvalue weighted by molar-refractivity contribution is 6.30. The van der Waals surface area contributed by atoms with E-state index in [-0.39, 0.29) is 23.1 Å². The summed E-state index contributed by atoms with van der Waals surface area (Å²) in [7, 11) is 1.43. The van der Waals surface area contributed by atoms with Crippen molar-refractivity contribution >= 4 is 28.9 Å². The predicted molar refractivity (Wildman–Crippen MR) is 67.7 cm³/mol. The van der Waals surface area contributed by atoms with Crippen LogP contribution in [-0.4, -0.2) is 17.1 Å². The molecule has 0 aliphatic heterocycles. The van der Waals surface area contributed by atoms with Gasteiger partial charge in [-0.05, 0) is 18.2 Å². The van der Waals surface area contributed by atoms with Gasteiger partial charge in [0.15, 0.2) is 11.6 Å². The molecule has 1 heterocycles. The van der Waals surface area contributed by atoms with E-state index < -0.39 is 5.82 Å². The first kappa shape index (κ1) is 12.4. The Morgan fingerprint density at radius 1 is 1.39 bits per heavy atom. The fraction of sp³-hybridized carbons (Fsp3) is 0.0909. The predicted octanol–water partition coefficient (Wildman–Crippen LogP) is 2.60. The van der Waals surface area contributed by atoms with Gasteiger partial charge in [-0.25, -0.2) is 14.4 Å². The molecule has 18 heavy (non-hydrogen) atoms. The van der Waals surface area contributed by atoms with Crippen LogP contribution in [0.3, 0.4) is 0 Å². The average Bonchev–Trinajstić information content (AvgIpc) is 2.34. The zero-order valence-corrected chi connectivity index (χ0v) is 10.2. The second-order valence-electron chi connectivity index (χ2n) is 3.39. The first-order chi connectivity index (χ1) is 8.61. The van der Waals surface area contributed by atoms with Gasteiger partial charge in [0.05, 0.1) is 12.8 Å². The minimum atomic E-state index is -0.460. The highest BCUT2D eigenvalue weighted by Gasteiger charge is 2.11. The highest BCUT2D eigenvalue weighted by atomic mass is 35.5. The second-order valence-corrected chi connectivity index (χ2v) is 3.83. The molecular weight excluding hydrogens is 259 g/mol. The van der Waals surface area contributed by atoms with Crippen molar-refractivity contribution in [3.8, 4) is 5.75 Å². The molecule has 0 saturated carbocycles. The molecule has 5 nitrogen and oxygen atoms in total. The monoisotopic (exact) mass is 268 g/mol. The summed E-state index contributed by atoms with van der Waals surface area (Å²) >= 11 is 5.79. The van der Waals surface area contributed by atoms with E-state index in [1.54, 1.807) is 0 Å². The molecule has 2 rings (SSSR count). The summed E-state index contributed by atoms with van der Waals surface area (Å²) in [4.78, 5) is 7.71. The van der Waals surface area contributed by atoms with Gasteiger partial charge < -0.3 is 15.8 Å². The van der Waals surface area contributed by atoms with E-state index in [4.69, 9.17) is 22.1 Å². The summed E-state index contributed by atoms with van der Waals surface area (Å²) in [5.74, 6) is 0.221. The Morgan fingerprint density at radius 3 is 2.89 bits per heavy atom. The lowest BCUT2D eigenvalue weighted by atomic mass is 10.3. The molecule has 3 N–H and O–H groups in total. The molecule has 0 unspecified atom stereocenters. The van der Waals surface area contributed by atoms with Crippen LogP contribution in [-0.2, 0) is 0 Å². The number of rotatable bonds is 3. The van der Waals surface area contributed by atoms with Crippen LogP contribution in [0.2, 0.25) is 5.02 Å². The van der Waals surface area contributed by atoms with Gasteiger partial charge in [0, 0.05) is 5.02 Å². The molecule has 0 aliphatic rings. The number of aromatic nitrogens is 2. The van der Waals surface area contributed by atoms with E-state index in [0.29, 0.717) is 5.02 Å². The lowest BCUT2D eigenvalue weighted by Crippen LogP contribution is -2.03. The van der Waals surface area contributed by atoms with Crippen LogP contribution in [0.1, 0.15) is 0 Å². The number of nitrogens with two attached hydrogens (primary N) is 1. The van der Waals surface area contributed by atoms with Crippen LogP contribution in [0.15, 0.2) is 24.5 Å². The number of halogens is 2. The van der Waals surface area contributed by atoms with Crippen molar-refractivity contribution < 1.29 is 9.13 Å². The zero-order valence-electron chi connectivity index (χ0n) is 9.45. The van der Waals surface area contributed by atoms with Crippen LogP contribution in [0.4, 0.5) is 21.7 Å². The van der Waals surface area contributed by atoms with Crippen LogP contribution in [0.25, 0.3) is 0 Å². The van der Waals surface area contributed by atoms with E-state index in [2.05, 4.69) is 15.3 Å². The van der Waals surface area contributed by atoms with E-state index in [1.807, 2.05) is 0 Å². The van der Waals surface area contributed by atoms with Crippen molar-refractivity contribution in [3.05, 3.63) is 35.4 Å². The Labute approximate surface area is 108 Å². The Bertz CT molecular complexity index is 579. The summed E-state index contributed by atoms with van der Waals surface area (Å²) < 4.78 is 18.6. The summed E-state index contributed by atoms with van der Waals surface area (Å²) in [5, 5.41) is 3.16. The fourth-order valence-corrected chi connectivity index (χ4v) is 1.57. The van der Waals surface area contributed by atoms with Crippen molar-refractivity contribution in [2.24, 2.45) is 0 Å². The van der Waals surface area contributed by atoms with Gasteiger partial charge in [0.25, 0.3) is 0 Å². The number of ether oxygens (including phenoxy) is 1. The molecule has 0 amide bonds. The Kier molecular flexibility index (Phi) is 3.47. The van der Waals surface area contributed by atoms with E-state index in [0.717, 1.165) is 0 Å². The summed E-state index contributed by atoms with van der Waals surface area (Å²) in [5.41, 5.74) is 5.80. The number of anilines is 3. The number of hydrogen-bond acceptors (Lipinski definition) is 5. The van der Waals surface area contributed by atoms with Crippen LogP contribution in [0, 0.1) is 5.82 Å². The summed E-state index contributed by atoms with van der Waals surface area (Å²) in [6, 6.07) is 4.14. The molecule has 0 aliphatic carbocycles. The molecule has 0 fully saturated rings. The minimum absolute atomic E-state index is 0.164. The van der Waals surface area contributed by atoms with E-state index in [1.165, 1.54) is 31.6 Å². The van der Waals surface area contributed by atoms with Gasteiger partial charge in [-0.1, -0.05) is 11.6 Å². The third-order valence-electron chi connectivity index (χ3n) is 2.22. The van der Waals surface area contributed by atoms with Crippen molar-refractivity contribution in [1.29, 1.82) is 0 Å². The number of nitrogens with zero attached hydrogens (tertiary/aromatic N) is 2. The molecule has 2 aromatic rings. The first-order valence-corrected chi connectivity index (χ1v) is 5.36. The number of methoxy groups -OCH3 is 1. The van der Waals surface area contributed by atoms with Crippen molar-refractivity contribution in [1.82, 2.24) is 9.97 Å². The van der Waals surface area contributed by atoms with Gasteiger partial charge in [0.2, 0.25) is 5.75 Å². The second kappa shape index (κ2) is 5.05. The number of benzene rings is 1. The van der Waals surface area contributed by atoms with Gasteiger partial charge in [0.1, 0.15) is 12.1 Å². The maximum Gasteiger partial charge on any atom is 0.204 e. The summed E-state index contributed by atoms with van der Waals surface area (Å²) in [6.45, 7) is 0. The molecule has 1 aromatic carbocycles. The smallest absolute Gasteiger partial charge is 0.204 e. The van der Waals surface area contributed by atoms with Crippen LogP contribution in [0.5, 0.6) is 5.75 Å². The third kappa shape index (κ3) is 2.43. The Hall–Kier alpha value is -2.08. The molecule has 94 valence electrons. The summed E-state index contributed by atoms with van der Waals surface area (Å²) in [6.07, 6.45) is 1.25. The lowest BCUT2D eigenvalue weighted by Gasteiger charge is -2.11. The zero-order chi connectivity index (χ0) is 13.1. The number of hydrogen-bond donors (Lipinski definition) is 2. The molecule has 7 heteroatoms. The molecule has 0 saturated heterocycles. The first-order valence-electron chi connectivity index (χ1n) is 4.98. The van der Waals surface area contributed by atoms with Crippen LogP contribution >= 0.6 is 11.6 Å². The SMILES string of the molecule is COc1c(N)ncnc1Nc1cc(Cl)ccc1F. The maximum absolute atomic E-state index is 13.6. The van der Waals surface area contributed by atoms with Gasteiger partial charge >= 0.3 is 0 Å². The van der Waals surface area contributed by atoms with Gasteiger partial charge in [-0.2, -0.15) is 0 Å². The minimum Gasteiger partial charge on any atom is -0.490 e. The van der Waals surface area contributed by atoms with E-state index in [9.17, 15) is 4.39 Å². The van der Waals surface area contributed by atoms with Crippen molar-refractivity contribution in [3.63, 3.8) is 0 Å². The van der Waals surface area contributed by atoms with E-state index >= 15 is 0 Å². The topological polar surface area (TPSA) is 73.1 Å². The number of nitrogens with one attached hydrogen (secondary N) is 1. The fourth-order valence-electron chi connectivity index (χ4n) is 1.40. The Balaban J connectivity index is 2.40. The van der Waals surface area contributed by atoms with Gasteiger partial charge in [-0.3, -0.25) is 0 Å². The quantitative estimate of drug-likeness (QED) is 0.895. The standard InChI is InChI=1S/C11H10ClFN4O/c1-18-9-10(14)15-5-16-11(9)17-8-4-6(12)2-3-7(8)13/h2-5H,1H3,(H3,14,15,16,17). The average molecular weight is 269 g/mol. The third-order valence-corrected chi connectivity index (χ3v) is 2.45. The normalized spacial score (nSPS) is 10.2. The molecule has 0 radical (unpaired) electrons. The largest absolute Gasteiger partial charge is 0.490 e. The molecule has 0 atom stereocenters. The van der Waals surface area contributed by atoms with Gasteiger partial charge in [-0.15, -0.1) is 0 Å². The van der Waals surface area contributed by atoms with Crippen molar-refractivity contribution in [2.75, 3.05) is 18.2 Å². The molecule has 1 aromatic heterocycles. The maximum atomic E-state index is 13.6. The lowest BCUT2D eigenvalue weighted by molar-refractivity contribution is 0.415. The molecule has 0 spiro atoms. The van der Waals surface area contributed by atoms with Crippen LogP contribution < -0.4 is 15.8 Å². The molecule has 0 bridgehead atoms.